The number of fused-ring (bicyclic) bond motifs is 3. The van der Waals surface area contributed by atoms with Gasteiger partial charge < -0.3 is 64.2 Å². The van der Waals surface area contributed by atoms with E-state index in [2.05, 4.69) is 37.6 Å². The van der Waals surface area contributed by atoms with Gasteiger partial charge in [0.1, 0.15) is 35.4 Å². The van der Waals surface area contributed by atoms with Crippen molar-refractivity contribution in [1.29, 1.82) is 0 Å². The van der Waals surface area contributed by atoms with Crippen LogP contribution in [0.1, 0.15) is 137 Å². The number of anilines is 4. The number of carbonyl (C=O) groups is 7. The number of alkyl halides is 2. The molecule has 7 aromatic rings. The molecular formula is C74H88BrClN4O18. The first kappa shape index (κ1) is 84.0. The van der Waals surface area contributed by atoms with Gasteiger partial charge in [-0.1, -0.05) is 130 Å². The van der Waals surface area contributed by atoms with Crippen molar-refractivity contribution in [2.45, 2.75) is 119 Å². The Bertz CT molecular complexity index is 3610. The Labute approximate surface area is 586 Å². The molecule has 0 saturated heterocycles. The number of amides is 3. The lowest BCUT2D eigenvalue weighted by Crippen LogP contribution is -2.45. The molecule has 3 unspecified atom stereocenters. The summed E-state index contributed by atoms with van der Waals surface area (Å²) in [6.45, 7) is 12.1. The minimum atomic E-state index is -0.566. The summed E-state index contributed by atoms with van der Waals surface area (Å²) in [4.78, 5) is 103. The fourth-order valence-corrected chi connectivity index (χ4v) is 9.11. The van der Waals surface area contributed by atoms with Crippen LogP contribution in [0.3, 0.4) is 0 Å². The molecule has 10 rings (SSSR count). The number of halogens is 2. The lowest BCUT2D eigenvalue weighted by Gasteiger charge is -2.34. The monoisotopic (exact) mass is 1430 g/mol. The summed E-state index contributed by atoms with van der Waals surface area (Å²) in [7, 11) is 5.58. The highest BCUT2D eigenvalue weighted by Crippen LogP contribution is 2.39. The number of nitrogens with zero attached hydrogens (tertiary/aromatic N) is 2. The number of methoxy groups -OCH3 is 4. The van der Waals surface area contributed by atoms with E-state index in [9.17, 15) is 33.6 Å². The average molecular weight is 1440 g/mol. The van der Waals surface area contributed by atoms with Crippen LogP contribution in [0.5, 0.6) is 28.7 Å². The maximum absolute atomic E-state index is 12.8. The summed E-state index contributed by atoms with van der Waals surface area (Å²) in [5.41, 5.74) is 14.1. The van der Waals surface area contributed by atoms with E-state index >= 15 is 0 Å². The van der Waals surface area contributed by atoms with Gasteiger partial charge in [-0.15, -0.1) is 11.6 Å². The lowest BCUT2D eigenvalue weighted by atomic mass is 10.0. The second-order valence-corrected chi connectivity index (χ2v) is 22.1. The Morgan fingerprint density at radius 3 is 1.34 bits per heavy atom. The molecule has 3 amide bonds. The molecule has 0 saturated carbocycles. The number of phenols is 1. The SMILES string of the molecule is C.C.CCC1Oc2ccc(C(=O)CO)cc2N(Cc2ccc(C)cc2)C1=O.CCC1Oc2ccc(C(=O)OC)cc2N(Cc2ccc(C)cc2)C1=O.CCC1Oc2ccc(C(=O)OC)cc2NC1=O.CCCBr.COC(=O)c1ccc(O)c(N)c1.COc1ccc(CCl)cc1.O=C=O. The summed E-state index contributed by atoms with van der Waals surface area (Å²) in [5.74, 6) is 0.987. The number of aliphatic hydroxyl groups is 1. The van der Waals surface area contributed by atoms with Crippen molar-refractivity contribution in [2.24, 2.45) is 0 Å². The highest BCUT2D eigenvalue weighted by atomic mass is 79.9. The van der Waals surface area contributed by atoms with Gasteiger partial charge in [-0.05, 0) is 141 Å². The summed E-state index contributed by atoms with van der Waals surface area (Å²) in [5, 5.41) is 22.0. The van der Waals surface area contributed by atoms with Crippen LogP contribution in [0.15, 0.2) is 146 Å². The number of Topliss-reactive ketones (excluding diaryl/α,β-unsaturated/α-hetero) is 1. The fourth-order valence-electron chi connectivity index (χ4n) is 8.93. The molecule has 98 heavy (non-hydrogen) atoms. The zero-order valence-electron chi connectivity index (χ0n) is 55.1. The molecule has 0 aromatic heterocycles. The van der Waals surface area contributed by atoms with Crippen LogP contribution >= 0.6 is 27.5 Å². The van der Waals surface area contributed by atoms with Gasteiger partial charge in [0.2, 0.25) is 0 Å². The zero-order chi connectivity index (χ0) is 71.0. The van der Waals surface area contributed by atoms with Crippen LogP contribution in [-0.4, -0.2) is 116 Å². The van der Waals surface area contributed by atoms with Gasteiger partial charge in [-0.25, -0.2) is 14.4 Å². The Morgan fingerprint density at radius 1 is 0.571 bits per heavy atom. The Morgan fingerprint density at radius 2 is 0.949 bits per heavy atom. The van der Waals surface area contributed by atoms with Crippen molar-refractivity contribution >= 4 is 97.8 Å². The molecule has 0 radical (unpaired) electrons. The number of esters is 3. The maximum atomic E-state index is 12.8. The number of ketones is 1. The molecular weight excluding hydrogens is 1350 g/mol. The molecule has 0 bridgehead atoms. The maximum Gasteiger partial charge on any atom is 0.373 e. The smallest absolute Gasteiger partial charge is 0.373 e. The quantitative estimate of drug-likeness (QED) is 0.0185. The normalized spacial score (nSPS) is 13.9. The van der Waals surface area contributed by atoms with Crippen LogP contribution in [0.4, 0.5) is 22.7 Å². The van der Waals surface area contributed by atoms with Crippen LogP contribution in [0.2, 0.25) is 0 Å². The molecule has 3 atom stereocenters. The number of hydrogen-bond acceptors (Lipinski definition) is 19. The predicted octanol–water partition coefficient (Wildman–Crippen LogP) is 13.6. The average Bonchev–Trinajstić information content (AvgIpc) is 0.788. The van der Waals surface area contributed by atoms with Gasteiger partial charge in [-0.3, -0.25) is 19.2 Å². The van der Waals surface area contributed by atoms with E-state index in [4.69, 9.17) is 60.8 Å². The Kier molecular flexibility index (Phi) is 37.0. The second-order valence-electron chi connectivity index (χ2n) is 21.0. The number of nitrogens with one attached hydrogen (secondary N) is 1. The first-order valence-corrected chi connectivity index (χ1v) is 31.9. The fraction of sp³-hybridized carbons (Fsp3) is 0.324. The number of rotatable bonds is 15. The molecule has 0 spiro atoms. The zero-order valence-corrected chi connectivity index (χ0v) is 57.4. The minimum Gasteiger partial charge on any atom is -0.506 e. The lowest BCUT2D eigenvalue weighted by molar-refractivity contribution is -0.191. The summed E-state index contributed by atoms with van der Waals surface area (Å²) in [6.07, 6.45) is 1.73. The van der Waals surface area contributed by atoms with E-state index in [0.29, 0.717) is 94.8 Å². The number of carbonyl (C=O) groups excluding carboxylic acids is 9. The highest BCUT2D eigenvalue weighted by Gasteiger charge is 2.36. The van der Waals surface area contributed by atoms with Crippen molar-refractivity contribution in [3.63, 3.8) is 0 Å². The van der Waals surface area contributed by atoms with Crippen molar-refractivity contribution in [2.75, 3.05) is 61.2 Å². The molecule has 5 N–H and O–H groups in total. The van der Waals surface area contributed by atoms with E-state index in [-0.39, 0.29) is 55.9 Å². The number of aromatic hydroxyl groups is 1. The number of hydrogen-bond donors (Lipinski definition) is 4. The van der Waals surface area contributed by atoms with Crippen molar-refractivity contribution in [1.82, 2.24) is 0 Å². The number of aryl methyl sites for hydroxylation is 2. The molecule has 526 valence electrons. The van der Waals surface area contributed by atoms with E-state index in [0.717, 1.165) is 38.9 Å². The van der Waals surface area contributed by atoms with Crippen LogP contribution in [0.25, 0.3) is 0 Å². The van der Waals surface area contributed by atoms with E-state index in [1.165, 1.54) is 45.9 Å². The van der Waals surface area contributed by atoms with E-state index in [1.807, 2.05) is 107 Å². The summed E-state index contributed by atoms with van der Waals surface area (Å²) in [6, 6.07) is 42.6. The number of aliphatic hydroxyl groups excluding tert-OH is 1. The van der Waals surface area contributed by atoms with Gasteiger partial charge in [0, 0.05) is 16.8 Å². The summed E-state index contributed by atoms with van der Waals surface area (Å²) >= 11 is 8.83. The standard InChI is InChI=1S/2C20H21NO4.C12H13NO4.C8H9ClO.C8H9NO3.C3H7Br.CO2.2CH4/c1-4-17-19(22)21(12-14-7-5-13(2)6-8-14)16-11-15(20(23)24-3)9-10-18(16)25-17;1-3-18-20(24)21(11-14-6-4-13(2)5-7-14)16-10-15(17(23)12-22)8-9-19(16)25-18;1-3-9-11(14)13-8-6-7(12(15)16-2)4-5-10(8)17-9;1-10-8-4-2-7(6-9)3-5-8;1-12-8(11)5-2-3-7(10)6(9)4-5;1-2-3-4;2-1-3;;/h5-11,17H,4,12H2,1-3H3;4-10,18,22H,3,11-12H2,1-2H3;4-6,9H,3H2,1-2H3,(H,13,14);2-5H,6H2,1H3;2-4,10H,9H2,1H3;2-3H2,1H3;;2*1H4. The van der Waals surface area contributed by atoms with Crippen LogP contribution in [-0.2, 0) is 57.2 Å². The van der Waals surface area contributed by atoms with Crippen LogP contribution < -0.4 is 39.8 Å². The number of nitrogen functional groups attached to an aromatic ring is 1. The minimum absolute atomic E-state index is 0. The Hall–Kier alpha value is -10.1. The third kappa shape index (κ3) is 24.5. The largest absolute Gasteiger partial charge is 0.506 e. The molecule has 0 aliphatic carbocycles. The molecule has 0 fully saturated rings. The first-order valence-electron chi connectivity index (χ1n) is 30.2. The van der Waals surface area contributed by atoms with E-state index in [1.54, 1.807) is 71.5 Å². The molecule has 22 nitrogen and oxygen atoms in total. The molecule has 3 heterocycles. The third-order valence-electron chi connectivity index (χ3n) is 14.2. The predicted molar refractivity (Wildman–Crippen MR) is 380 cm³/mol. The van der Waals surface area contributed by atoms with Crippen LogP contribution in [0, 0.1) is 13.8 Å². The molecule has 7 aromatic carbocycles. The first-order chi connectivity index (χ1) is 46.0. The number of benzene rings is 7. The van der Waals surface area contributed by atoms with Gasteiger partial charge in [0.25, 0.3) is 17.7 Å². The molecule has 24 heteroatoms. The van der Waals surface area contributed by atoms with Gasteiger partial charge in [-0.2, -0.15) is 9.59 Å². The topological polar surface area (TPSA) is 303 Å². The van der Waals surface area contributed by atoms with Gasteiger partial charge in [0.05, 0.1) is 81.0 Å². The van der Waals surface area contributed by atoms with Crippen molar-refractivity contribution in [3.8, 4) is 28.7 Å². The second kappa shape index (κ2) is 43.2. The molecule has 3 aliphatic heterocycles. The molecule has 3 aliphatic rings. The van der Waals surface area contributed by atoms with E-state index < -0.39 is 42.8 Å². The van der Waals surface area contributed by atoms with Gasteiger partial charge >= 0.3 is 24.1 Å². The third-order valence-corrected chi connectivity index (χ3v) is 15.3. The Balaban J connectivity index is 0.000000418. The number of ether oxygens (including phenoxy) is 7. The summed E-state index contributed by atoms with van der Waals surface area (Å²) < 4.78 is 35.9. The number of phenolic OH excluding ortho intramolecular Hbond substituents is 1. The van der Waals surface area contributed by atoms with Gasteiger partial charge in [0.15, 0.2) is 24.1 Å². The number of nitrogens with two attached hydrogens (primary N) is 1. The van der Waals surface area contributed by atoms with Crippen molar-refractivity contribution in [3.05, 3.63) is 196 Å². The van der Waals surface area contributed by atoms with Crippen molar-refractivity contribution < 1.29 is 86.5 Å². The highest BCUT2D eigenvalue weighted by molar-refractivity contribution is 9.09.